The first kappa shape index (κ1) is 15.9. The van der Waals surface area contributed by atoms with E-state index in [1.165, 1.54) is 0 Å². The van der Waals surface area contributed by atoms with Gasteiger partial charge >= 0.3 is 0 Å². The zero-order chi connectivity index (χ0) is 13.9. The molecule has 1 aromatic carbocycles. The van der Waals surface area contributed by atoms with Crippen LogP contribution >= 0.6 is 12.4 Å². The molecule has 1 saturated heterocycles. The highest BCUT2D eigenvalue weighted by molar-refractivity contribution is 5.85. The average molecular weight is 313 g/mol. The summed E-state index contributed by atoms with van der Waals surface area (Å²) in [5, 5.41) is 3.29. The van der Waals surface area contributed by atoms with E-state index >= 15 is 0 Å². The Balaban J connectivity index is 0.00000161. The molecule has 0 aromatic heterocycles. The number of halogens is 1. The molecule has 1 atom stereocenters. The van der Waals surface area contributed by atoms with E-state index in [1.807, 2.05) is 25.2 Å². The molecule has 5 nitrogen and oxygen atoms in total. The highest BCUT2D eigenvalue weighted by Crippen LogP contribution is 2.32. The van der Waals surface area contributed by atoms with Crippen LogP contribution in [0.3, 0.4) is 0 Å². The fourth-order valence-electron chi connectivity index (χ4n) is 2.72. The van der Waals surface area contributed by atoms with E-state index in [9.17, 15) is 4.79 Å². The van der Waals surface area contributed by atoms with Crippen molar-refractivity contribution in [3.63, 3.8) is 0 Å². The van der Waals surface area contributed by atoms with Gasteiger partial charge < -0.3 is 19.7 Å². The topological polar surface area (TPSA) is 50.8 Å². The van der Waals surface area contributed by atoms with Gasteiger partial charge in [0.25, 0.3) is 0 Å². The molecule has 116 valence electrons. The Morgan fingerprint density at radius 2 is 2.14 bits per heavy atom. The van der Waals surface area contributed by atoms with Gasteiger partial charge in [-0.05, 0) is 37.1 Å². The van der Waals surface area contributed by atoms with Gasteiger partial charge in [-0.2, -0.15) is 0 Å². The van der Waals surface area contributed by atoms with Crippen LogP contribution < -0.4 is 14.8 Å². The van der Waals surface area contributed by atoms with Crippen molar-refractivity contribution in [2.75, 3.05) is 20.4 Å². The molecule has 1 N–H and O–H groups in total. The molecule has 0 bridgehead atoms. The van der Waals surface area contributed by atoms with E-state index < -0.39 is 0 Å². The monoisotopic (exact) mass is 312 g/mol. The maximum atomic E-state index is 12.3. The number of benzene rings is 1. The summed E-state index contributed by atoms with van der Waals surface area (Å²) in [6, 6.07) is 5.80. The smallest absolute Gasteiger partial charge is 0.239 e. The Morgan fingerprint density at radius 3 is 2.90 bits per heavy atom. The van der Waals surface area contributed by atoms with E-state index in [2.05, 4.69) is 5.32 Å². The van der Waals surface area contributed by atoms with Crippen molar-refractivity contribution >= 4 is 18.3 Å². The molecule has 21 heavy (non-hydrogen) atoms. The maximum Gasteiger partial charge on any atom is 0.239 e. The van der Waals surface area contributed by atoms with Crippen molar-refractivity contribution in [2.24, 2.45) is 0 Å². The zero-order valence-corrected chi connectivity index (χ0v) is 12.9. The average Bonchev–Trinajstić information content (AvgIpc) is 2.95. The van der Waals surface area contributed by atoms with Gasteiger partial charge in [-0.25, -0.2) is 0 Å². The first-order valence-corrected chi connectivity index (χ1v) is 7.11. The fourth-order valence-corrected chi connectivity index (χ4v) is 2.72. The fraction of sp³-hybridized carbons (Fsp3) is 0.533. The molecular weight excluding hydrogens is 292 g/mol. The molecule has 0 unspecified atom stereocenters. The largest absolute Gasteiger partial charge is 0.454 e. The number of nitrogens with one attached hydrogen (secondary N) is 1. The standard InChI is InChI=1S/C15H20N2O3.ClH/c1-17(15(18)12-4-2-3-7-16-12)9-11-5-6-13-14(8-11)20-10-19-13;/h5-6,8,12,16H,2-4,7,9-10H2,1H3;1H/t12-;/m1./s1. The molecule has 1 fully saturated rings. The van der Waals surface area contributed by atoms with E-state index in [1.54, 1.807) is 4.90 Å². The predicted molar refractivity (Wildman–Crippen MR) is 81.9 cm³/mol. The van der Waals surface area contributed by atoms with Gasteiger partial charge in [-0.1, -0.05) is 12.5 Å². The molecule has 3 rings (SSSR count). The van der Waals surface area contributed by atoms with Crippen LogP contribution in [-0.4, -0.2) is 37.2 Å². The Bertz CT molecular complexity index is 504. The molecule has 0 radical (unpaired) electrons. The normalized spacial score (nSPS) is 19.8. The van der Waals surface area contributed by atoms with Crippen LogP contribution in [0.2, 0.25) is 0 Å². The quantitative estimate of drug-likeness (QED) is 0.926. The van der Waals surface area contributed by atoms with Crippen molar-refractivity contribution in [3.05, 3.63) is 23.8 Å². The number of piperidine rings is 1. The maximum absolute atomic E-state index is 12.3. The van der Waals surface area contributed by atoms with Crippen LogP contribution in [0.4, 0.5) is 0 Å². The van der Waals surface area contributed by atoms with E-state index in [4.69, 9.17) is 9.47 Å². The minimum atomic E-state index is -0.0252. The molecule has 0 aliphatic carbocycles. The van der Waals surface area contributed by atoms with Crippen LogP contribution in [0.5, 0.6) is 11.5 Å². The summed E-state index contributed by atoms with van der Waals surface area (Å²) in [5.41, 5.74) is 1.06. The summed E-state index contributed by atoms with van der Waals surface area (Å²) in [7, 11) is 1.85. The number of ether oxygens (including phenoxy) is 2. The van der Waals surface area contributed by atoms with Crippen molar-refractivity contribution in [1.82, 2.24) is 10.2 Å². The Hall–Kier alpha value is -1.46. The van der Waals surface area contributed by atoms with Crippen molar-refractivity contribution in [3.8, 4) is 11.5 Å². The van der Waals surface area contributed by atoms with E-state index in [-0.39, 0.29) is 31.1 Å². The first-order chi connectivity index (χ1) is 9.74. The van der Waals surface area contributed by atoms with Crippen molar-refractivity contribution < 1.29 is 14.3 Å². The minimum Gasteiger partial charge on any atom is -0.454 e. The van der Waals surface area contributed by atoms with Gasteiger partial charge in [0, 0.05) is 13.6 Å². The van der Waals surface area contributed by atoms with Gasteiger partial charge in [-0.3, -0.25) is 4.79 Å². The lowest BCUT2D eigenvalue weighted by molar-refractivity contribution is -0.133. The molecule has 2 aliphatic heterocycles. The number of amides is 1. The number of hydrogen-bond donors (Lipinski definition) is 1. The number of carbonyl (C=O) groups excluding carboxylic acids is 1. The van der Waals surface area contributed by atoms with Crippen LogP contribution in [0.1, 0.15) is 24.8 Å². The molecule has 2 heterocycles. The molecule has 2 aliphatic rings. The minimum absolute atomic E-state index is 0. The lowest BCUT2D eigenvalue weighted by atomic mass is 10.0. The third-order valence-electron chi connectivity index (χ3n) is 3.84. The van der Waals surface area contributed by atoms with Crippen LogP contribution in [0, 0.1) is 0 Å². The second-order valence-electron chi connectivity index (χ2n) is 5.38. The van der Waals surface area contributed by atoms with Crippen molar-refractivity contribution in [2.45, 2.75) is 31.8 Å². The third-order valence-corrected chi connectivity index (χ3v) is 3.84. The lowest BCUT2D eigenvalue weighted by Gasteiger charge is -2.27. The van der Waals surface area contributed by atoms with Gasteiger partial charge in [0.1, 0.15) is 0 Å². The molecule has 1 aromatic rings. The predicted octanol–water partition coefficient (Wildman–Crippen LogP) is 1.94. The number of nitrogens with zero attached hydrogens (tertiary/aromatic N) is 1. The number of carbonyl (C=O) groups is 1. The third kappa shape index (κ3) is 3.60. The zero-order valence-electron chi connectivity index (χ0n) is 12.1. The molecule has 6 heteroatoms. The van der Waals surface area contributed by atoms with E-state index in [0.29, 0.717) is 6.54 Å². The summed E-state index contributed by atoms with van der Waals surface area (Å²) in [6.45, 7) is 1.81. The molecule has 1 amide bonds. The van der Waals surface area contributed by atoms with Crippen LogP contribution in [0.25, 0.3) is 0 Å². The molecule has 0 saturated carbocycles. The number of likely N-dealkylation sites (N-methyl/N-ethyl adjacent to an activating group) is 1. The van der Waals surface area contributed by atoms with Gasteiger partial charge in [0.15, 0.2) is 11.5 Å². The van der Waals surface area contributed by atoms with Crippen molar-refractivity contribution in [1.29, 1.82) is 0 Å². The van der Waals surface area contributed by atoms with Gasteiger partial charge in [-0.15, -0.1) is 12.4 Å². The van der Waals surface area contributed by atoms with Crippen LogP contribution in [0.15, 0.2) is 18.2 Å². The van der Waals surface area contributed by atoms with E-state index in [0.717, 1.165) is 42.9 Å². The number of hydrogen-bond acceptors (Lipinski definition) is 4. The summed E-state index contributed by atoms with van der Waals surface area (Å²) in [6.07, 6.45) is 3.22. The Morgan fingerprint density at radius 1 is 1.33 bits per heavy atom. The first-order valence-electron chi connectivity index (χ1n) is 7.11. The number of rotatable bonds is 3. The Labute approximate surface area is 131 Å². The molecule has 0 spiro atoms. The van der Waals surface area contributed by atoms with Gasteiger partial charge in [0.05, 0.1) is 6.04 Å². The second kappa shape index (κ2) is 7.00. The summed E-state index contributed by atoms with van der Waals surface area (Å²) in [5.74, 6) is 1.71. The second-order valence-corrected chi connectivity index (χ2v) is 5.38. The summed E-state index contributed by atoms with van der Waals surface area (Å²) >= 11 is 0. The lowest BCUT2D eigenvalue weighted by Crippen LogP contribution is -2.46. The summed E-state index contributed by atoms with van der Waals surface area (Å²) < 4.78 is 10.6. The highest BCUT2D eigenvalue weighted by Gasteiger charge is 2.24. The number of fused-ring (bicyclic) bond motifs is 1. The summed E-state index contributed by atoms with van der Waals surface area (Å²) in [4.78, 5) is 14.1. The Kier molecular flexibility index (Phi) is 5.31. The van der Waals surface area contributed by atoms with Gasteiger partial charge in [0.2, 0.25) is 12.7 Å². The highest BCUT2D eigenvalue weighted by atomic mass is 35.5. The van der Waals surface area contributed by atoms with Crippen LogP contribution in [-0.2, 0) is 11.3 Å². The SMILES string of the molecule is CN(Cc1ccc2c(c1)OCO2)C(=O)[C@H]1CCCCN1.Cl. The molecular formula is C15H21ClN2O3.